The second kappa shape index (κ2) is 7.96. The summed E-state index contributed by atoms with van der Waals surface area (Å²) in [4.78, 5) is 11.1. The molecule has 1 amide bonds. The second-order valence-corrected chi connectivity index (χ2v) is 4.02. The van der Waals surface area contributed by atoms with Crippen LogP contribution in [0.4, 0.5) is 17.6 Å². The highest BCUT2D eigenvalue weighted by molar-refractivity contribution is 6.60. The zero-order valence-electron chi connectivity index (χ0n) is 10.7. The fourth-order valence-corrected chi connectivity index (χ4v) is 1.51. The molecule has 1 aromatic rings. The first-order chi connectivity index (χ1) is 9.86. The Morgan fingerprint density at radius 3 is 2.52 bits per heavy atom. The summed E-state index contributed by atoms with van der Waals surface area (Å²) in [5, 5.41) is 9.61. The van der Waals surface area contributed by atoms with Crippen LogP contribution >= 0.6 is 0 Å². The minimum atomic E-state index is -3.09. The van der Waals surface area contributed by atoms with Crippen LogP contribution in [0.3, 0.4) is 0 Å². The molecule has 0 bridgehead atoms. The first-order valence-electron chi connectivity index (χ1n) is 5.89. The summed E-state index contributed by atoms with van der Waals surface area (Å²) >= 11 is 0. The van der Waals surface area contributed by atoms with Crippen molar-refractivity contribution in [2.45, 2.75) is 19.3 Å². The summed E-state index contributed by atoms with van der Waals surface area (Å²) in [6.07, 6.45) is -6.09. The van der Waals surface area contributed by atoms with Crippen molar-refractivity contribution in [2.24, 2.45) is 5.73 Å². The highest BCUT2D eigenvalue weighted by Crippen LogP contribution is 2.24. The van der Waals surface area contributed by atoms with E-state index in [1.807, 2.05) is 5.48 Å². The molecule has 0 aliphatic heterocycles. The van der Waals surface area contributed by atoms with Crippen molar-refractivity contribution in [3.63, 3.8) is 0 Å². The molecule has 4 N–H and O–H groups in total. The lowest BCUT2D eigenvalue weighted by Gasteiger charge is -2.14. The smallest absolute Gasteiger partial charge is 0.422 e. The Kier molecular flexibility index (Phi) is 6.60. The third kappa shape index (κ3) is 4.99. The Balaban J connectivity index is 2.87. The van der Waals surface area contributed by atoms with Crippen LogP contribution in [-0.4, -0.2) is 24.6 Å². The SMILES string of the molecule is NCCC(=O)NOB(O)c1ccc(C(F)F)cc1C(F)F. The van der Waals surface area contributed by atoms with Crippen LogP contribution in [-0.2, 0) is 9.55 Å². The molecule has 0 radical (unpaired) electrons. The zero-order valence-corrected chi connectivity index (χ0v) is 10.7. The van der Waals surface area contributed by atoms with E-state index >= 15 is 0 Å². The number of nitrogens with two attached hydrogens (primary N) is 1. The van der Waals surface area contributed by atoms with Crippen molar-refractivity contribution in [1.82, 2.24) is 5.48 Å². The van der Waals surface area contributed by atoms with Crippen LogP contribution in [0, 0.1) is 0 Å². The molecule has 0 aromatic heterocycles. The monoisotopic (exact) mass is 308 g/mol. The number of rotatable bonds is 7. The number of hydroxylamine groups is 1. The maximum atomic E-state index is 12.8. The van der Waals surface area contributed by atoms with E-state index in [-0.39, 0.29) is 13.0 Å². The average Bonchev–Trinajstić information content (AvgIpc) is 2.44. The van der Waals surface area contributed by atoms with Gasteiger partial charge in [0.25, 0.3) is 12.9 Å². The lowest BCUT2D eigenvalue weighted by molar-refractivity contribution is -0.128. The summed E-state index contributed by atoms with van der Waals surface area (Å²) < 4.78 is 55.1. The summed E-state index contributed by atoms with van der Waals surface area (Å²) in [5.74, 6) is -0.653. The van der Waals surface area contributed by atoms with Crippen LogP contribution in [0.15, 0.2) is 18.2 Å². The lowest BCUT2D eigenvalue weighted by atomic mass is 9.76. The summed E-state index contributed by atoms with van der Waals surface area (Å²) in [5.41, 5.74) is 5.11. The first kappa shape index (κ1) is 17.4. The van der Waals surface area contributed by atoms with Crippen molar-refractivity contribution in [3.8, 4) is 0 Å². The number of hydrogen-bond acceptors (Lipinski definition) is 4. The largest absolute Gasteiger partial charge is 0.514 e. The van der Waals surface area contributed by atoms with E-state index in [4.69, 9.17) is 5.73 Å². The van der Waals surface area contributed by atoms with Gasteiger partial charge in [-0.3, -0.25) is 9.55 Å². The van der Waals surface area contributed by atoms with Gasteiger partial charge in [0.05, 0.1) is 0 Å². The Hall–Kier alpha value is -1.65. The molecule has 0 aliphatic carbocycles. The molecule has 0 saturated heterocycles. The molecule has 1 rings (SSSR count). The van der Waals surface area contributed by atoms with Crippen molar-refractivity contribution < 1.29 is 32.1 Å². The minimum Gasteiger partial charge on any atom is -0.422 e. The van der Waals surface area contributed by atoms with Gasteiger partial charge >= 0.3 is 7.12 Å². The topological polar surface area (TPSA) is 84.6 Å². The van der Waals surface area contributed by atoms with E-state index in [1.165, 1.54) is 0 Å². The van der Waals surface area contributed by atoms with Crippen molar-refractivity contribution in [1.29, 1.82) is 0 Å². The number of hydrogen-bond donors (Lipinski definition) is 3. The lowest BCUT2D eigenvalue weighted by Crippen LogP contribution is -2.42. The van der Waals surface area contributed by atoms with Gasteiger partial charge in [0.15, 0.2) is 0 Å². The Morgan fingerprint density at radius 2 is 2.00 bits per heavy atom. The van der Waals surface area contributed by atoms with Gasteiger partial charge in [-0.25, -0.2) is 23.0 Å². The molecule has 0 heterocycles. The molecule has 0 saturated carbocycles. The van der Waals surface area contributed by atoms with Crippen molar-refractivity contribution >= 4 is 18.5 Å². The van der Waals surface area contributed by atoms with Crippen LogP contribution in [0.5, 0.6) is 0 Å². The molecule has 1 aromatic carbocycles. The quantitative estimate of drug-likeness (QED) is 0.392. The third-order valence-electron chi connectivity index (χ3n) is 2.52. The highest BCUT2D eigenvalue weighted by Gasteiger charge is 2.27. The highest BCUT2D eigenvalue weighted by atomic mass is 19.3. The van der Waals surface area contributed by atoms with E-state index < -0.39 is 42.5 Å². The Labute approximate surface area is 118 Å². The minimum absolute atomic E-state index is 0.0384. The van der Waals surface area contributed by atoms with E-state index in [0.29, 0.717) is 6.07 Å². The third-order valence-corrected chi connectivity index (χ3v) is 2.52. The first-order valence-corrected chi connectivity index (χ1v) is 5.89. The molecule has 0 spiro atoms. The van der Waals surface area contributed by atoms with Gasteiger partial charge in [-0.05, 0) is 11.5 Å². The number of carbonyl (C=O) groups is 1. The molecule has 116 valence electrons. The van der Waals surface area contributed by atoms with E-state index in [2.05, 4.69) is 4.76 Å². The van der Waals surface area contributed by atoms with Crippen LogP contribution < -0.4 is 16.7 Å². The summed E-state index contributed by atoms with van der Waals surface area (Å²) in [7, 11) is -1.91. The molecule has 0 atom stereocenters. The van der Waals surface area contributed by atoms with Gasteiger partial charge in [0.2, 0.25) is 5.91 Å². The molecule has 0 unspecified atom stereocenters. The Bertz CT molecular complexity index is 491. The average molecular weight is 308 g/mol. The number of carbonyl (C=O) groups excluding carboxylic acids is 1. The zero-order chi connectivity index (χ0) is 16.0. The molecule has 0 aliphatic rings. The van der Waals surface area contributed by atoms with Gasteiger partial charge in [0, 0.05) is 24.1 Å². The second-order valence-electron chi connectivity index (χ2n) is 4.02. The van der Waals surface area contributed by atoms with Gasteiger partial charge in [0.1, 0.15) is 0 Å². The van der Waals surface area contributed by atoms with Gasteiger partial charge in [-0.2, -0.15) is 0 Å². The normalized spacial score (nSPS) is 11.0. The van der Waals surface area contributed by atoms with Crippen LogP contribution in [0.1, 0.15) is 30.4 Å². The molecule has 0 fully saturated rings. The maximum Gasteiger partial charge on any atom is 0.514 e. The molecular weight excluding hydrogens is 295 g/mol. The summed E-state index contributed by atoms with van der Waals surface area (Å²) in [6, 6.07) is 2.36. The maximum absolute atomic E-state index is 12.8. The van der Waals surface area contributed by atoms with E-state index in [9.17, 15) is 27.4 Å². The number of halogens is 4. The molecule has 21 heavy (non-hydrogen) atoms. The molecular formula is C11H13BF4N2O3. The van der Waals surface area contributed by atoms with Crippen molar-refractivity contribution in [3.05, 3.63) is 29.3 Å². The Morgan fingerprint density at radius 1 is 1.33 bits per heavy atom. The predicted molar refractivity (Wildman–Crippen MR) is 66.9 cm³/mol. The fraction of sp³-hybridized carbons (Fsp3) is 0.364. The number of alkyl halides is 4. The van der Waals surface area contributed by atoms with Crippen molar-refractivity contribution in [2.75, 3.05) is 6.54 Å². The number of nitrogens with one attached hydrogen (secondary N) is 1. The number of benzene rings is 1. The number of amides is 1. The van der Waals surface area contributed by atoms with E-state index in [1.54, 1.807) is 0 Å². The summed E-state index contributed by atoms with van der Waals surface area (Å²) in [6.45, 7) is 0.0384. The molecule has 10 heteroatoms. The predicted octanol–water partition coefficient (Wildman–Crippen LogP) is 0.646. The van der Waals surface area contributed by atoms with Gasteiger partial charge in [-0.1, -0.05) is 12.1 Å². The standard InChI is InChI=1S/C11H13BF4N2O3/c13-10(14)6-1-2-8(7(5-6)11(15)16)12(20)21-18-9(19)3-4-17/h1-2,5,10-11,20H,3-4,17H2,(H,18,19). The van der Waals surface area contributed by atoms with Crippen LogP contribution in [0.25, 0.3) is 0 Å². The fourth-order valence-electron chi connectivity index (χ4n) is 1.51. The molecule has 5 nitrogen and oxygen atoms in total. The van der Waals surface area contributed by atoms with Crippen LogP contribution in [0.2, 0.25) is 0 Å². The van der Waals surface area contributed by atoms with E-state index in [0.717, 1.165) is 12.1 Å². The van der Waals surface area contributed by atoms with Gasteiger partial charge < -0.3 is 10.8 Å². The van der Waals surface area contributed by atoms with Gasteiger partial charge in [-0.15, -0.1) is 0 Å².